The lowest BCUT2D eigenvalue weighted by Crippen LogP contribution is -2.30. The summed E-state index contributed by atoms with van der Waals surface area (Å²) in [4.78, 5) is 35.1. The molecule has 32 heavy (non-hydrogen) atoms. The van der Waals surface area contributed by atoms with Gasteiger partial charge in [0.2, 0.25) is 5.95 Å². The number of aryl methyl sites for hydroxylation is 2. The number of aromatic nitrogens is 2. The van der Waals surface area contributed by atoms with Crippen LogP contribution in [0.1, 0.15) is 28.7 Å². The van der Waals surface area contributed by atoms with Gasteiger partial charge < -0.3 is 14.5 Å². The molecule has 7 nitrogen and oxygen atoms in total. The molecule has 1 aliphatic heterocycles. The van der Waals surface area contributed by atoms with Crippen LogP contribution in [0.25, 0.3) is 16.8 Å². The molecule has 0 radical (unpaired) electrons. The summed E-state index contributed by atoms with van der Waals surface area (Å²) in [6.45, 7) is 3.71. The zero-order chi connectivity index (χ0) is 22.6. The second kappa shape index (κ2) is 7.39. The van der Waals surface area contributed by atoms with Gasteiger partial charge in [0.05, 0.1) is 16.6 Å². The van der Waals surface area contributed by atoms with Crippen molar-refractivity contribution in [1.29, 1.82) is 0 Å². The molecule has 1 amide bonds. The second-order valence-electron chi connectivity index (χ2n) is 7.71. The fourth-order valence-corrected chi connectivity index (χ4v) is 4.03. The van der Waals surface area contributed by atoms with E-state index in [1.54, 1.807) is 43.3 Å². The maximum Gasteiger partial charge on any atom is 0.302 e. The quantitative estimate of drug-likeness (QED) is 0.260. The number of nitrogens with one attached hydrogen (secondary N) is 1. The fraction of sp³-hybridized carbons (Fsp3) is 0.125. The molecule has 0 aliphatic carbocycles. The molecule has 3 heterocycles. The Morgan fingerprint density at radius 1 is 1.09 bits per heavy atom. The van der Waals surface area contributed by atoms with Crippen LogP contribution in [0.3, 0.4) is 0 Å². The summed E-state index contributed by atoms with van der Waals surface area (Å²) < 4.78 is 5.79. The van der Waals surface area contributed by atoms with Gasteiger partial charge in [-0.15, -0.1) is 0 Å². The summed E-state index contributed by atoms with van der Waals surface area (Å²) >= 11 is 5.95. The molecule has 0 spiro atoms. The lowest BCUT2D eigenvalue weighted by atomic mass is 9.99. The SMILES string of the molecule is Cc1ccc2nc(N3C(=O)C(=O)/C(=C(/O)c4ccc(Cl)cc4)C3c3ccc(C)o3)[nH]c2c1. The van der Waals surface area contributed by atoms with Crippen molar-refractivity contribution in [2.75, 3.05) is 4.90 Å². The first kappa shape index (κ1) is 20.1. The highest BCUT2D eigenvalue weighted by Gasteiger charge is 2.49. The van der Waals surface area contributed by atoms with Crippen molar-refractivity contribution in [1.82, 2.24) is 9.97 Å². The summed E-state index contributed by atoms with van der Waals surface area (Å²) in [7, 11) is 0. The van der Waals surface area contributed by atoms with E-state index in [1.165, 1.54) is 4.90 Å². The normalized spacial score (nSPS) is 18.1. The van der Waals surface area contributed by atoms with E-state index in [2.05, 4.69) is 9.97 Å². The highest BCUT2D eigenvalue weighted by molar-refractivity contribution is 6.51. The maximum absolute atomic E-state index is 13.1. The first-order valence-corrected chi connectivity index (χ1v) is 10.3. The van der Waals surface area contributed by atoms with Crippen molar-refractivity contribution in [3.05, 3.63) is 87.8 Å². The van der Waals surface area contributed by atoms with Gasteiger partial charge in [0, 0.05) is 10.6 Å². The van der Waals surface area contributed by atoms with Gasteiger partial charge in [0.1, 0.15) is 23.3 Å². The van der Waals surface area contributed by atoms with Gasteiger partial charge in [-0.3, -0.25) is 14.5 Å². The number of amides is 1. The number of carbonyl (C=O) groups is 2. The van der Waals surface area contributed by atoms with E-state index in [0.717, 1.165) is 11.1 Å². The molecule has 0 saturated carbocycles. The predicted octanol–water partition coefficient (Wildman–Crippen LogP) is 5.05. The Morgan fingerprint density at radius 3 is 2.53 bits per heavy atom. The number of carbonyl (C=O) groups excluding carboxylic acids is 2. The lowest BCUT2D eigenvalue weighted by molar-refractivity contribution is -0.132. The fourth-order valence-electron chi connectivity index (χ4n) is 3.91. The van der Waals surface area contributed by atoms with Crippen LogP contribution in [-0.2, 0) is 9.59 Å². The number of hydrogen-bond acceptors (Lipinski definition) is 5. The van der Waals surface area contributed by atoms with Crippen LogP contribution >= 0.6 is 11.6 Å². The lowest BCUT2D eigenvalue weighted by Gasteiger charge is -2.20. The number of benzene rings is 2. The number of aromatic amines is 1. The first-order valence-electron chi connectivity index (χ1n) is 9.93. The highest BCUT2D eigenvalue weighted by atomic mass is 35.5. The van der Waals surface area contributed by atoms with Crippen LogP contribution in [0.4, 0.5) is 5.95 Å². The predicted molar refractivity (Wildman–Crippen MR) is 121 cm³/mol. The van der Waals surface area contributed by atoms with Gasteiger partial charge in [-0.05, 0) is 67.9 Å². The highest BCUT2D eigenvalue weighted by Crippen LogP contribution is 2.42. The molecule has 2 aromatic heterocycles. The molecule has 1 saturated heterocycles. The van der Waals surface area contributed by atoms with Crippen LogP contribution in [0, 0.1) is 13.8 Å². The Hall–Kier alpha value is -3.84. The molecule has 0 bridgehead atoms. The Kier molecular flexibility index (Phi) is 4.64. The van der Waals surface area contributed by atoms with Gasteiger partial charge in [0.25, 0.3) is 5.78 Å². The van der Waals surface area contributed by atoms with Gasteiger partial charge in [-0.1, -0.05) is 17.7 Å². The third-order valence-corrected chi connectivity index (χ3v) is 5.70. The van der Waals surface area contributed by atoms with Crippen LogP contribution in [0.15, 0.2) is 64.6 Å². The van der Waals surface area contributed by atoms with E-state index in [0.29, 0.717) is 27.6 Å². The van der Waals surface area contributed by atoms with E-state index >= 15 is 0 Å². The Bertz CT molecular complexity index is 1410. The Balaban J connectivity index is 1.72. The molecule has 2 aromatic carbocycles. The number of fused-ring (bicyclic) bond motifs is 1. The summed E-state index contributed by atoms with van der Waals surface area (Å²) in [5.41, 5.74) is 2.69. The van der Waals surface area contributed by atoms with Gasteiger partial charge >= 0.3 is 5.91 Å². The minimum atomic E-state index is -0.985. The van der Waals surface area contributed by atoms with Crippen LogP contribution < -0.4 is 4.90 Å². The topological polar surface area (TPSA) is 99.4 Å². The standard InChI is InChI=1S/C24H18ClN3O4/c1-12-3-9-16-17(11-12)27-24(26-16)28-20(18-10-4-13(2)32-18)19(22(30)23(28)31)21(29)14-5-7-15(25)8-6-14/h3-11,20,29H,1-2H3,(H,26,27)/b21-19+. The molecule has 2 N–H and O–H groups in total. The summed E-state index contributed by atoms with van der Waals surface area (Å²) in [6, 6.07) is 14.4. The van der Waals surface area contributed by atoms with E-state index in [4.69, 9.17) is 16.0 Å². The molecule has 1 unspecified atom stereocenters. The van der Waals surface area contributed by atoms with E-state index < -0.39 is 17.7 Å². The molecule has 160 valence electrons. The number of anilines is 1. The van der Waals surface area contributed by atoms with Gasteiger partial charge in [-0.2, -0.15) is 0 Å². The average Bonchev–Trinajstić information content (AvgIpc) is 3.44. The molecule has 1 fully saturated rings. The van der Waals surface area contributed by atoms with Crippen molar-refractivity contribution in [3.8, 4) is 0 Å². The van der Waals surface area contributed by atoms with E-state index in [-0.39, 0.29) is 17.3 Å². The summed E-state index contributed by atoms with van der Waals surface area (Å²) in [5.74, 6) is -0.801. The van der Waals surface area contributed by atoms with Crippen LogP contribution in [-0.4, -0.2) is 26.8 Å². The molecule has 5 rings (SSSR count). The minimum Gasteiger partial charge on any atom is -0.507 e. The van der Waals surface area contributed by atoms with Crippen LogP contribution in [0.5, 0.6) is 0 Å². The van der Waals surface area contributed by atoms with Crippen molar-refractivity contribution in [3.63, 3.8) is 0 Å². The number of ketones is 1. The number of nitrogens with zero attached hydrogens (tertiary/aromatic N) is 2. The van der Waals surface area contributed by atoms with Crippen molar-refractivity contribution < 1.29 is 19.1 Å². The number of rotatable bonds is 3. The Labute approximate surface area is 187 Å². The Morgan fingerprint density at radius 2 is 1.84 bits per heavy atom. The second-order valence-corrected chi connectivity index (χ2v) is 8.14. The number of aliphatic hydroxyl groups excluding tert-OH is 1. The maximum atomic E-state index is 13.1. The first-order chi connectivity index (χ1) is 15.3. The average molecular weight is 448 g/mol. The third kappa shape index (κ3) is 3.18. The minimum absolute atomic E-state index is 0.0803. The molecule has 4 aromatic rings. The monoisotopic (exact) mass is 447 g/mol. The zero-order valence-electron chi connectivity index (χ0n) is 17.2. The van der Waals surface area contributed by atoms with Crippen LogP contribution in [0.2, 0.25) is 5.02 Å². The van der Waals surface area contributed by atoms with E-state index in [9.17, 15) is 14.7 Å². The summed E-state index contributed by atoms with van der Waals surface area (Å²) in [6.07, 6.45) is 0. The molecular weight excluding hydrogens is 430 g/mol. The number of hydrogen-bond donors (Lipinski definition) is 2. The van der Waals surface area contributed by atoms with Crippen molar-refractivity contribution in [2.24, 2.45) is 0 Å². The smallest absolute Gasteiger partial charge is 0.302 e. The van der Waals surface area contributed by atoms with Crippen molar-refractivity contribution in [2.45, 2.75) is 19.9 Å². The molecule has 1 atom stereocenters. The van der Waals surface area contributed by atoms with Gasteiger partial charge in [0.15, 0.2) is 0 Å². The number of halogens is 1. The summed E-state index contributed by atoms with van der Waals surface area (Å²) in [5, 5.41) is 11.5. The number of furan rings is 1. The molecule has 8 heteroatoms. The number of imidazole rings is 1. The third-order valence-electron chi connectivity index (χ3n) is 5.45. The van der Waals surface area contributed by atoms with E-state index in [1.807, 2.05) is 25.1 Å². The number of Topliss-reactive ketones (excluding diaryl/α,β-unsaturated/α-hetero) is 1. The molecular formula is C24H18ClN3O4. The molecule has 1 aliphatic rings. The number of aliphatic hydroxyl groups is 1. The largest absolute Gasteiger partial charge is 0.507 e. The van der Waals surface area contributed by atoms with Crippen molar-refractivity contribution >= 4 is 46.0 Å². The zero-order valence-corrected chi connectivity index (χ0v) is 18.0. The number of H-pyrrole nitrogens is 1. The van der Waals surface area contributed by atoms with Gasteiger partial charge in [-0.25, -0.2) is 4.98 Å².